The van der Waals surface area contributed by atoms with Crippen LogP contribution in [0.25, 0.3) is 0 Å². The molecule has 2 atom stereocenters. The van der Waals surface area contributed by atoms with Crippen LogP contribution < -0.4 is 10.6 Å². The number of nitrogens with one attached hydrogen (secondary N) is 2. The fraction of sp³-hybridized carbons (Fsp3) is 0.588. The first-order chi connectivity index (χ1) is 11.6. The molecule has 0 aromatic rings. The fourth-order valence-electron chi connectivity index (χ4n) is 2.84. The molecular weight excluding hydrogens is 312 g/mol. The second kappa shape index (κ2) is 8.52. The highest BCUT2D eigenvalue weighted by Gasteiger charge is 2.32. The van der Waals surface area contributed by atoms with Gasteiger partial charge in [-0.2, -0.15) is 0 Å². The summed E-state index contributed by atoms with van der Waals surface area (Å²) in [7, 11) is 0. The SMILES string of the molecule is CCOC(=O)C1=C(COC(=O)[C@H]2CC=CCC2)NC(=O)N[C@H]1CC. The normalized spacial score (nSPS) is 23.3. The van der Waals surface area contributed by atoms with Crippen LogP contribution in [-0.2, 0) is 19.1 Å². The third-order valence-electron chi connectivity index (χ3n) is 4.11. The van der Waals surface area contributed by atoms with Gasteiger partial charge in [-0.05, 0) is 32.6 Å². The van der Waals surface area contributed by atoms with Gasteiger partial charge < -0.3 is 20.1 Å². The molecule has 24 heavy (non-hydrogen) atoms. The van der Waals surface area contributed by atoms with Gasteiger partial charge in [0.05, 0.1) is 29.8 Å². The summed E-state index contributed by atoms with van der Waals surface area (Å²) in [6, 6.07) is -0.870. The number of ether oxygens (including phenoxy) is 2. The van der Waals surface area contributed by atoms with Gasteiger partial charge in [-0.25, -0.2) is 9.59 Å². The number of hydrogen-bond acceptors (Lipinski definition) is 5. The first-order valence-corrected chi connectivity index (χ1v) is 8.36. The minimum atomic E-state index is -0.511. The number of hydrogen-bond donors (Lipinski definition) is 2. The lowest BCUT2D eigenvalue weighted by Gasteiger charge is -2.28. The van der Waals surface area contributed by atoms with Crippen molar-refractivity contribution in [2.75, 3.05) is 13.2 Å². The maximum Gasteiger partial charge on any atom is 0.338 e. The van der Waals surface area contributed by atoms with Crippen LogP contribution in [0, 0.1) is 5.92 Å². The van der Waals surface area contributed by atoms with Crippen LogP contribution in [0.5, 0.6) is 0 Å². The molecule has 2 amide bonds. The van der Waals surface area contributed by atoms with E-state index in [1.54, 1.807) is 6.92 Å². The molecule has 132 valence electrons. The van der Waals surface area contributed by atoms with Gasteiger partial charge in [-0.1, -0.05) is 19.1 Å². The third kappa shape index (κ3) is 4.37. The predicted octanol–water partition coefficient (Wildman–Crippen LogP) is 1.79. The fourth-order valence-corrected chi connectivity index (χ4v) is 2.84. The Hall–Kier alpha value is -2.31. The molecule has 0 fully saturated rings. The maximum atomic E-state index is 12.2. The van der Waals surface area contributed by atoms with Crippen molar-refractivity contribution < 1.29 is 23.9 Å². The number of urea groups is 1. The highest BCUT2D eigenvalue weighted by Crippen LogP contribution is 2.21. The van der Waals surface area contributed by atoms with Crippen LogP contribution in [0.1, 0.15) is 39.5 Å². The molecule has 0 saturated heterocycles. The summed E-state index contributed by atoms with van der Waals surface area (Å²) in [5.41, 5.74) is 0.610. The van der Waals surface area contributed by atoms with Crippen molar-refractivity contribution in [3.8, 4) is 0 Å². The van der Waals surface area contributed by atoms with Gasteiger partial charge in [0.2, 0.25) is 0 Å². The Morgan fingerprint density at radius 1 is 1.25 bits per heavy atom. The van der Waals surface area contributed by atoms with Gasteiger partial charge >= 0.3 is 18.0 Å². The summed E-state index contributed by atoms with van der Waals surface area (Å²) >= 11 is 0. The van der Waals surface area contributed by atoms with E-state index in [0.717, 1.165) is 12.8 Å². The summed E-state index contributed by atoms with van der Waals surface area (Å²) in [6.07, 6.45) is 6.82. The Kier molecular flexibility index (Phi) is 6.40. The van der Waals surface area contributed by atoms with E-state index in [1.807, 2.05) is 19.1 Å². The van der Waals surface area contributed by atoms with Crippen molar-refractivity contribution in [3.63, 3.8) is 0 Å². The van der Waals surface area contributed by atoms with Gasteiger partial charge in [-0.15, -0.1) is 0 Å². The van der Waals surface area contributed by atoms with Gasteiger partial charge in [0.25, 0.3) is 0 Å². The zero-order valence-corrected chi connectivity index (χ0v) is 14.1. The molecule has 0 bridgehead atoms. The molecule has 0 spiro atoms. The summed E-state index contributed by atoms with van der Waals surface area (Å²) < 4.78 is 10.4. The first kappa shape index (κ1) is 18.0. The smallest absolute Gasteiger partial charge is 0.338 e. The zero-order chi connectivity index (χ0) is 17.5. The lowest BCUT2D eigenvalue weighted by atomic mass is 9.95. The number of esters is 2. The molecule has 2 rings (SSSR count). The molecule has 7 heteroatoms. The molecule has 0 aromatic heterocycles. The topological polar surface area (TPSA) is 93.7 Å². The van der Waals surface area contributed by atoms with Gasteiger partial charge in [0, 0.05) is 0 Å². The first-order valence-electron chi connectivity index (χ1n) is 8.36. The van der Waals surface area contributed by atoms with E-state index in [4.69, 9.17) is 9.47 Å². The van der Waals surface area contributed by atoms with Gasteiger partial charge in [0.15, 0.2) is 0 Å². The second-order valence-electron chi connectivity index (χ2n) is 5.76. The molecule has 2 N–H and O–H groups in total. The molecule has 0 saturated carbocycles. The van der Waals surface area contributed by atoms with E-state index < -0.39 is 18.0 Å². The van der Waals surface area contributed by atoms with Crippen LogP contribution in [0.3, 0.4) is 0 Å². The highest BCUT2D eigenvalue weighted by molar-refractivity contribution is 5.94. The van der Waals surface area contributed by atoms with Crippen LogP contribution >= 0.6 is 0 Å². The molecule has 2 aliphatic rings. The second-order valence-corrected chi connectivity index (χ2v) is 5.76. The molecule has 1 aliphatic heterocycles. The summed E-state index contributed by atoms with van der Waals surface area (Å²) in [5, 5.41) is 5.24. The Morgan fingerprint density at radius 2 is 2.04 bits per heavy atom. The van der Waals surface area contributed by atoms with Crippen LogP contribution in [-0.4, -0.2) is 37.2 Å². The minimum Gasteiger partial charge on any atom is -0.463 e. The molecule has 1 aliphatic carbocycles. The third-order valence-corrected chi connectivity index (χ3v) is 4.11. The van der Waals surface area contributed by atoms with Crippen molar-refractivity contribution in [2.24, 2.45) is 5.92 Å². The van der Waals surface area contributed by atoms with E-state index in [2.05, 4.69) is 10.6 Å². The number of carbonyl (C=O) groups is 3. The Labute approximate surface area is 141 Å². The molecule has 1 heterocycles. The Balaban J connectivity index is 2.11. The van der Waals surface area contributed by atoms with E-state index in [-0.39, 0.29) is 25.1 Å². The summed E-state index contributed by atoms with van der Waals surface area (Å²) in [6.45, 7) is 3.66. The van der Waals surface area contributed by atoms with E-state index >= 15 is 0 Å². The largest absolute Gasteiger partial charge is 0.463 e. The molecule has 0 radical (unpaired) electrons. The number of rotatable bonds is 6. The van der Waals surface area contributed by atoms with Crippen LogP contribution in [0.15, 0.2) is 23.4 Å². The van der Waals surface area contributed by atoms with E-state index in [0.29, 0.717) is 24.1 Å². The van der Waals surface area contributed by atoms with Crippen molar-refractivity contribution >= 4 is 18.0 Å². The zero-order valence-electron chi connectivity index (χ0n) is 14.1. The number of carbonyl (C=O) groups excluding carboxylic acids is 3. The van der Waals surface area contributed by atoms with Crippen LogP contribution in [0.4, 0.5) is 4.79 Å². The van der Waals surface area contributed by atoms with E-state index in [9.17, 15) is 14.4 Å². The van der Waals surface area contributed by atoms with Crippen molar-refractivity contribution in [3.05, 3.63) is 23.4 Å². The monoisotopic (exact) mass is 336 g/mol. The van der Waals surface area contributed by atoms with Gasteiger partial charge in [-0.3, -0.25) is 4.79 Å². The average Bonchev–Trinajstić information content (AvgIpc) is 2.59. The van der Waals surface area contributed by atoms with E-state index in [1.165, 1.54) is 0 Å². The lowest BCUT2D eigenvalue weighted by molar-refractivity contribution is -0.148. The number of amides is 2. The average molecular weight is 336 g/mol. The van der Waals surface area contributed by atoms with Crippen LogP contribution in [0.2, 0.25) is 0 Å². The lowest BCUT2D eigenvalue weighted by Crippen LogP contribution is -2.51. The maximum absolute atomic E-state index is 12.2. The molecular formula is C17H24N2O5. The standard InChI is InChI=1S/C17H24N2O5/c1-3-12-14(16(21)23-4-2)13(19-17(22)18-12)10-24-15(20)11-8-6-5-7-9-11/h5-6,11-12H,3-4,7-10H2,1-2H3,(H2,18,19,22)/t11-,12-/m0/s1. The highest BCUT2D eigenvalue weighted by atomic mass is 16.5. The molecule has 7 nitrogen and oxygen atoms in total. The van der Waals surface area contributed by atoms with Crippen molar-refractivity contribution in [1.29, 1.82) is 0 Å². The predicted molar refractivity (Wildman–Crippen MR) is 86.8 cm³/mol. The van der Waals surface area contributed by atoms with Crippen molar-refractivity contribution in [2.45, 2.75) is 45.6 Å². The minimum absolute atomic E-state index is 0.142. The van der Waals surface area contributed by atoms with Gasteiger partial charge in [0.1, 0.15) is 6.61 Å². The van der Waals surface area contributed by atoms with Crippen molar-refractivity contribution in [1.82, 2.24) is 10.6 Å². The quantitative estimate of drug-likeness (QED) is 0.570. The Bertz CT molecular complexity index is 567. The summed E-state index contributed by atoms with van der Waals surface area (Å²) in [5.74, 6) is -0.986. The molecule has 0 unspecified atom stereocenters. The Morgan fingerprint density at radius 3 is 2.67 bits per heavy atom. The summed E-state index contributed by atoms with van der Waals surface area (Å²) in [4.78, 5) is 36.1. The molecule has 0 aromatic carbocycles. The number of allylic oxidation sites excluding steroid dienone is 2.